The molecule has 0 radical (unpaired) electrons. The highest BCUT2D eigenvalue weighted by atomic mass is 32.2. The highest BCUT2D eigenvalue weighted by Gasteiger charge is 2.29. The second kappa shape index (κ2) is 3.49. The van der Waals surface area contributed by atoms with Gasteiger partial charge in [-0.1, -0.05) is 6.58 Å². The molecule has 1 heterocycles. The monoisotopic (exact) mass is 202 g/mol. The van der Waals surface area contributed by atoms with Crippen molar-refractivity contribution >= 4 is 15.6 Å². The lowest BCUT2D eigenvalue weighted by atomic mass is 10.2. The van der Waals surface area contributed by atoms with Gasteiger partial charge in [0, 0.05) is 28.6 Å². The lowest BCUT2D eigenvalue weighted by Gasteiger charge is -2.21. The minimum Gasteiger partial charge on any atom is -0.338 e. The normalized spacial score (nSPS) is 32.8. The summed E-state index contributed by atoms with van der Waals surface area (Å²) in [5, 5.41) is 0. The number of hydrogen-bond donors (Lipinski definition) is 1. The van der Waals surface area contributed by atoms with Gasteiger partial charge in [0.1, 0.15) is 0 Å². The van der Waals surface area contributed by atoms with Gasteiger partial charge < -0.3 is 4.90 Å². The van der Waals surface area contributed by atoms with Crippen molar-refractivity contribution in [2.75, 3.05) is 18.6 Å². The number of carbonyl (C=O) groups is 1. The molecule has 0 bridgehead atoms. The Morgan fingerprint density at radius 1 is 1.77 bits per heavy atom. The van der Waals surface area contributed by atoms with Crippen molar-refractivity contribution in [3.8, 4) is 0 Å². The van der Waals surface area contributed by atoms with Crippen LogP contribution in [0.4, 0.5) is 0 Å². The second-order valence-corrected chi connectivity index (χ2v) is 5.64. The maximum Gasteiger partial charge on any atom is 0.245 e. The molecule has 1 aliphatic rings. The van der Waals surface area contributed by atoms with Crippen LogP contribution in [0.3, 0.4) is 0 Å². The van der Waals surface area contributed by atoms with Crippen molar-refractivity contribution in [1.82, 2.24) is 4.90 Å². The number of hydrogen-bond acceptors (Lipinski definition) is 3. The summed E-state index contributed by atoms with van der Waals surface area (Å²) in [6.07, 6.45) is 1.91. The summed E-state index contributed by atoms with van der Waals surface area (Å²) in [7, 11) is -0.748. The summed E-state index contributed by atoms with van der Waals surface area (Å²) in [4.78, 5) is 12.7. The summed E-state index contributed by atoms with van der Waals surface area (Å²) in [6, 6.07) is -0.0458. The van der Waals surface area contributed by atoms with Crippen LogP contribution >= 0.6 is 0 Å². The zero-order chi connectivity index (χ0) is 10.1. The summed E-state index contributed by atoms with van der Waals surface area (Å²) in [5.41, 5.74) is 0. The highest BCUT2D eigenvalue weighted by Crippen LogP contribution is 2.17. The molecule has 5 heteroatoms. The largest absolute Gasteiger partial charge is 0.338 e. The second-order valence-electron chi connectivity index (χ2n) is 3.28. The average molecular weight is 202 g/mol. The first-order chi connectivity index (χ1) is 5.96. The molecule has 0 aromatic heterocycles. The quantitative estimate of drug-likeness (QED) is 0.661. The number of nitrogens with one attached hydrogen (secondary N) is 1. The molecule has 1 amide bonds. The van der Waals surface area contributed by atoms with Gasteiger partial charge in [-0.3, -0.25) is 9.57 Å². The van der Waals surface area contributed by atoms with Crippen molar-refractivity contribution < 1.29 is 9.00 Å². The van der Waals surface area contributed by atoms with Gasteiger partial charge in [-0.05, 0) is 12.5 Å². The molecule has 2 atom stereocenters. The van der Waals surface area contributed by atoms with Crippen LogP contribution in [0.25, 0.3) is 0 Å². The topological polar surface area (TPSA) is 61.2 Å². The zero-order valence-electron chi connectivity index (χ0n) is 7.66. The third-order valence-corrected chi connectivity index (χ3v) is 4.13. The molecule has 1 N–H and O–H groups in total. The van der Waals surface area contributed by atoms with E-state index in [-0.39, 0.29) is 11.9 Å². The van der Waals surface area contributed by atoms with Gasteiger partial charge >= 0.3 is 0 Å². The fraction of sp³-hybridized carbons (Fsp3) is 0.625. The van der Waals surface area contributed by atoms with Gasteiger partial charge in [0.2, 0.25) is 5.91 Å². The first-order valence-electron chi connectivity index (χ1n) is 4.09. The summed E-state index contributed by atoms with van der Waals surface area (Å²) in [5.74, 6) is 0.553. The molecule has 74 valence electrons. The van der Waals surface area contributed by atoms with Crippen LogP contribution in [-0.2, 0) is 14.5 Å². The van der Waals surface area contributed by atoms with Gasteiger partial charge in [-0.2, -0.15) is 0 Å². The Labute approximate surface area is 78.6 Å². The Bertz CT molecular complexity index is 321. The molecule has 0 saturated carbocycles. The van der Waals surface area contributed by atoms with Gasteiger partial charge in [-0.25, -0.2) is 4.21 Å². The van der Waals surface area contributed by atoms with Crippen LogP contribution in [0.2, 0.25) is 0 Å². The van der Waals surface area contributed by atoms with E-state index in [0.29, 0.717) is 17.9 Å². The van der Waals surface area contributed by atoms with Gasteiger partial charge in [0.05, 0.1) is 5.75 Å². The predicted octanol–water partition coefficient (Wildman–Crippen LogP) is 0.450. The number of rotatable bonds is 2. The van der Waals surface area contributed by atoms with E-state index in [4.69, 9.17) is 4.78 Å². The van der Waals surface area contributed by atoms with E-state index >= 15 is 0 Å². The molecule has 2 unspecified atom stereocenters. The van der Waals surface area contributed by atoms with Crippen LogP contribution < -0.4 is 0 Å². The van der Waals surface area contributed by atoms with E-state index in [1.165, 1.54) is 11.0 Å². The van der Waals surface area contributed by atoms with E-state index < -0.39 is 9.73 Å². The van der Waals surface area contributed by atoms with Crippen molar-refractivity contribution in [3.05, 3.63) is 12.7 Å². The molecule has 0 aromatic carbocycles. The SMILES string of the molecule is C=CC(=O)N(C)C1CCS(=N)(=O)C1. The maximum atomic E-state index is 11.3. The standard InChI is InChI=1S/C8H14N2O2S/c1-3-8(11)10(2)7-4-5-13(9,12)6-7/h3,7,9H,1,4-6H2,2H3. The van der Waals surface area contributed by atoms with Gasteiger partial charge in [-0.15, -0.1) is 0 Å². The molecule has 1 aliphatic heterocycles. The van der Waals surface area contributed by atoms with Crippen molar-refractivity contribution in [2.24, 2.45) is 0 Å². The third kappa shape index (κ3) is 2.30. The molecular formula is C8H14N2O2S. The Kier molecular flexibility index (Phi) is 2.75. The lowest BCUT2D eigenvalue weighted by molar-refractivity contribution is -0.126. The smallest absolute Gasteiger partial charge is 0.245 e. The lowest BCUT2D eigenvalue weighted by Crippen LogP contribution is -2.36. The Morgan fingerprint density at radius 3 is 2.77 bits per heavy atom. The summed E-state index contributed by atoms with van der Waals surface area (Å²) in [6.45, 7) is 3.38. The number of likely N-dealkylation sites (N-methyl/N-ethyl adjacent to an activating group) is 1. The molecule has 13 heavy (non-hydrogen) atoms. The number of nitrogens with zero attached hydrogens (tertiary/aromatic N) is 1. The van der Waals surface area contributed by atoms with E-state index in [9.17, 15) is 9.00 Å². The predicted molar refractivity (Wildman–Crippen MR) is 52.0 cm³/mol. The van der Waals surface area contributed by atoms with Gasteiger partial charge in [0.15, 0.2) is 0 Å². The maximum absolute atomic E-state index is 11.3. The number of carbonyl (C=O) groups excluding carboxylic acids is 1. The van der Waals surface area contributed by atoms with Crippen LogP contribution in [-0.4, -0.2) is 39.6 Å². The van der Waals surface area contributed by atoms with Crippen LogP contribution in [0.15, 0.2) is 12.7 Å². The molecule has 1 rings (SSSR count). The minimum atomic E-state index is -2.41. The Balaban J connectivity index is 2.66. The zero-order valence-corrected chi connectivity index (χ0v) is 8.47. The van der Waals surface area contributed by atoms with Crippen LogP contribution in [0.1, 0.15) is 6.42 Å². The number of amides is 1. The molecular weight excluding hydrogens is 188 g/mol. The molecule has 0 spiro atoms. The first-order valence-corrected chi connectivity index (χ1v) is 5.99. The van der Waals surface area contributed by atoms with Crippen LogP contribution in [0.5, 0.6) is 0 Å². The van der Waals surface area contributed by atoms with E-state index in [0.717, 1.165) is 0 Å². The Morgan fingerprint density at radius 2 is 2.38 bits per heavy atom. The van der Waals surface area contributed by atoms with E-state index in [1.54, 1.807) is 7.05 Å². The van der Waals surface area contributed by atoms with Crippen molar-refractivity contribution in [1.29, 1.82) is 4.78 Å². The van der Waals surface area contributed by atoms with Crippen molar-refractivity contribution in [3.63, 3.8) is 0 Å². The molecule has 0 aromatic rings. The average Bonchev–Trinajstić information content (AvgIpc) is 2.43. The van der Waals surface area contributed by atoms with Crippen LogP contribution in [0, 0.1) is 4.78 Å². The van der Waals surface area contributed by atoms with Crippen molar-refractivity contribution in [2.45, 2.75) is 12.5 Å². The minimum absolute atomic E-state index is 0.0458. The third-order valence-electron chi connectivity index (χ3n) is 2.31. The fourth-order valence-corrected chi connectivity index (χ4v) is 3.26. The van der Waals surface area contributed by atoms with Gasteiger partial charge in [0.25, 0.3) is 0 Å². The van der Waals surface area contributed by atoms with E-state index in [2.05, 4.69) is 6.58 Å². The molecule has 0 aliphatic carbocycles. The summed E-state index contributed by atoms with van der Waals surface area (Å²) >= 11 is 0. The summed E-state index contributed by atoms with van der Waals surface area (Å²) < 4.78 is 18.7. The molecule has 1 saturated heterocycles. The van der Waals surface area contributed by atoms with E-state index in [1.807, 2.05) is 0 Å². The fourth-order valence-electron chi connectivity index (χ4n) is 1.43. The highest BCUT2D eigenvalue weighted by molar-refractivity contribution is 7.92. The molecule has 1 fully saturated rings. The molecule has 4 nitrogen and oxygen atoms in total. The Hall–Kier alpha value is -0.840. The first kappa shape index (κ1) is 10.2.